The second kappa shape index (κ2) is 10.0. The van der Waals surface area contributed by atoms with E-state index in [0.717, 1.165) is 47.5 Å². The first-order valence-corrected chi connectivity index (χ1v) is 10.2. The van der Waals surface area contributed by atoms with Crippen LogP contribution in [-0.4, -0.2) is 29.2 Å². The van der Waals surface area contributed by atoms with Crippen molar-refractivity contribution in [2.45, 2.75) is 46.6 Å². The van der Waals surface area contributed by atoms with Gasteiger partial charge in [-0.3, -0.25) is 4.79 Å². The molecule has 2 aromatic heterocycles. The van der Waals surface area contributed by atoms with Crippen molar-refractivity contribution in [1.29, 1.82) is 0 Å². The summed E-state index contributed by atoms with van der Waals surface area (Å²) in [6.07, 6.45) is 4.28. The zero-order valence-electron chi connectivity index (χ0n) is 17.3. The van der Waals surface area contributed by atoms with Gasteiger partial charge in [-0.2, -0.15) is 0 Å². The Morgan fingerprint density at radius 3 is 2.45 bits per heavy atom. The number of hydrogen-bond donors (Lipinski definition) is 2. The molecular formula is C22H29N4O3+. The normalized spacial score (nSPS) is 12.1. The van der Waals surface area contributed by atoms with Gasteiger partial charge in [-0.05, 0) is 42.5 Å². The molecule has 3 aromatic rings. The Morgan fingerprint density at radius 1 is 1.07 bits per heavy atom. The van der Waals surface area contributed by atoms with Crippen molar-refractivity contribution >= 4 is 11.6 Å². The lowest BCUT2D eigenvalue weighted by atomic mass is 10.0. The van der Waals surface area contributed by atoms with Gasteiger partial charge >= 0.3 is 0 Å². The molecule has 0 aliphatic heterocycles. The largest absolute Gasteiger partial charge is 0.459 e. The van der Waals surface area contributed by atoms with E-state index in [4.69, 9.17) is 8.83 Å². The standard InChI is InChI=1S/C22H28N4O3/c1-4-12-26(15-20-24-25-22(29-20)18-11-8-13-28-18)14-19(27)23-21-16(5-2)9-7-10-17(21)6-3/h7-11,13H,4-6,12,14-15H2,1-3H3,(H,23,27)/p+1. The molecule has 29 heavy (non-hydrogen) atoms. The Balaban J connectivity index is 1.67. The molecular weight excluding hydrogens is 368 g/mol. The van der Waals surface area contributed by atoms with E-state index in [2.05, 4.69) is 48.4 Å². The van der Waals surface area contributed by atoms with E-state index in [0.29, 0.717) is 30.6 Å². The third-order valence-electron chi connectivity index (χ3n) is 4.88. The number of hydrogen-bond acceptors (Lipinski definition) is 5. The van der Waals surface area contributed by atoms with Crippen LogP contribution < -0.4 is 10.2 Å². The van der Waals surface area contributed by atoms with E-state index in [-0.39, 0.29) is 5.91 Å². The number of quaternary nitrogens is 1. The molecule has 0 saturated carbocycles. The zero-order valence-corrected chi connectivity index (χ0v) is 17.3. The summed E-state index contributed by atoms with van der Waals surface area (Å²) in [5, 5.41) is 11.3. The van der Waals surface area contributed by atoms with Crippen molar-refractivity contribution in [1.82, 2.24) is 10.2 Å². The Labute approximate surface area is 171 Å². The molecule has 0 radical (unpaired) electrons. The smallest absolute Gasteiger partial charge is 0.283 e. The van der Waals surface area contributed by atoms with E-state index >= 15 is 0 Å². The first kappa shape index (κ1) is 20.8. The Kier molecular flexibility index (Phi) is 7.19. The molecule has 0 saturated heterocycles. The summed E-state index contributed by atoms with van der Waals surface area (Å²) < 4.78 is 11.0. The summed E-state index contributed by atoms with van der Waals surface area (Å²) in [5.41, 5.74) is 3.28. The second-order valence-corrected chi connectivity index (χ2v) is 7.04. The minimum absolute atomic E-state index is 0.00479. The predicted molar refractivity (Wildman–Crippen MR) is 111 cm³/mol. The molecule has 0 aliphatic rings. The molecule has 1 unspecified atom stereocenters. The number of anilines is 1. The molecule has 2 N–H and O–H groups in total. The molecule has 7 heteroatoms. The van der Waals surface area contributed by atoms with Gasteiger partial charge in [0.2, 0.25) is 0 Å². The average molecular weight is 397 g/mol. The minimum atomic E-state index is -0.00479. The highest BCUT2D eigenvalue weighted by Gasteiger charge is 2.20. The number of carbonyl (C=O) groups excluding carboxylic acids is 1. The first-order valence-electron chi connectivity index (χ1n) is 10.2. The lowest BCUT2D eigenvalue weighted by molar-refractivity contribution is -0.907. The van der Waals surface area contributed by atoms with Crippen LogP contribution in [0.2, 0.25) is 0 Å². The summed E-state index contributed by atoms with van der Waals surface area (Å²) >= 11 is 0. The number of aryl methyl sites for hydroxylation is 2. The van der Waals surface area contributed by atoms with Crippen LogP contribution in [0.25, 0.3) is 11.7 Å². The fourth-order valence-electron chi connectivity index (χ4n) is 3.45. The van der Waals surface area contributed by atoms with E-state index in [1.54, 1.807) is 18.4 Å². The SMILES string of the molecule is CCC[NH+](CC(=O)Nc1c(CC)cccc1CC)Cc1nnc(-c2ccco2)o1. The highest BCUT2D eigenvalue weighted by atomic mass is 16.4. The lowest BCUT2D eigenvalue weighted by Crippen LogP contribution is -3.11. The van der Waals surface area contributed by atoms with Crippen molar-refractivity contribution in [3.8, 4) is 11.7 Å². The van der Waals surface area contributed by atoms with Crippen molar-refractivity contribution in [3.05, 3.63) is 53.6 Å². The van der Waals surface area contributed by atoms with Gasteiger partial charge in [-0.1, -0.05) is 39.0 Å². The molecule has 1 aromatic carbocycles. The highest BCUT2D eigenvalue weighted by molar-refractivity contribution is 5.93. The number of furan rings is 1. The van der Waals surface area contributed by atoms with Crippen LogP contribution in [-0.2, 0) is 24.2 Å². The highest BCUT2D eigenvalue weighted by Crippen LogP contribution is 2.22. The monoisotopic (exact) mass is 397 g/mol. The zero-order chi connectivity index (χ0) is 20.6. The summed E-state index contributed by atoms with van der Waals surface area (Å²) in [7, 11) is 0. The van der Waals surface area contributed by atoms with Gasteiger partial charge in [0.05, 0.1) is 12.8 Å². The number of amides is 1. The Hall–Kier alpha value is -2.93. The number of rotatable bonds is 10. The third-order valence-corrected chi connectivity index (χ3v) is 4.88. The van der Waals surface area contributed by atoms with Crippen molar-refractivity contribution in [3.63, 3.8) is 0 Å². The van der Waals surface area contributed by atoms with Crippen LogP contribution in [0, 0.1) is 0 Å². The summed E-state index contributed by atoms with van der Waals surface area (Å²) in [4.78, 5) is 13.9. The van der Waals surface area contributed by atoms with Gasteiger partial charge in [0.1, 0.15) is 0 Å². The quantitative estimate of drug-likeness (QED) is 0.549. The Morgan fingerprint density at radius 2 is 1.83 bits per heavy atom. The molecule has 0 spiro atoms. The summed E-state index contributed by atoms with van der Waals surface area (Å²) in [6.45, 7) is 7.97. The van der Waals surface area contributed by atoms with Crippen LogP contribution in [0.5, 0.6) is 0 Å². The lowest BCUT2D eigenvalue weighted by Gasteiger charge is -2.18. The molecule has 2 heterocycles. The maximum atomic E-state index is 12.8. The number of carbonyl (C=O) groups is 1. The van der Waals surface area contributed by atoms with Crippen molar-refractivity contribution in [2.75, 3.05) is 18.4 Å². The fourth-order valence-corrected chi connectivity index (χ4v) is 3.45. The van der Waals surface area contributed by atoms with Gasteiger partial charge in [0, 0.05) is 5.69 Å². The topological polar surface area (TPSA) is 85.6 Å². The van der Waals surface area contributed by atoms with Gasteiger partial charge < -0.3 is 19.1 Å². The number of nitrogens with zero attached hydrogens (tertiary/aromatic N) is 2. The van der Waals surface area contributed by atoms with Crippen LogP contribution in [0.1, 0.15) is 44.2 Å². The van der Waals surface area contributed by atoms with Crippen LogP contribution in [0.3, 0.4) is 0 Å². The average Bonchev–Trinajstić information content (AvgIpc) is 3.40. The van der Waals surface area contributed by atoms with E-state index in [1.807, 2.05) is 6.07 Å². The van der Waals surface area contributed by atoms with Gasteiger partial charge in [0.25, 0.3) is 17.7 Å². The van der Waals surface area contributed by atoms with E-state index in [9.17, 15) is 4.79 Å². The molecule has 7 nitrogen and oxygen atoms in total. The molecule has 1 atom stereocenters. The number of para-hydroxylation sites is 1. The molecule has 0 bridgehead atoms. The number of benzene rings is 1. The van der Waals surface area contributed by atoms with E-state index in [1.165, 1.54) is 0 Å². The molecule has 1 amide bonds. The second-order valence-electron chi connectivity index (χ2n) is 7.04. The van der Waals surface area contributed by atoms with Crippen molar-refractivity contribution < 1.29 is 18.5 Å². The van der Waals surface area contributed by atoms with Gasteiger partial charge in [-0.15, -0.1) is 10.2 Å². The predicted octanol–water partition coefficient (Wildman–Crippen LogP) is 2.89. The maximum Gasteiger partial charge on any atom is 0.283 e. The number of aromatic nitrogens is 2. The summed E-state index contributed by atoms with van der Waals surface area (Å²) in [5.74, 6) is 1.39. The number of nitrogens with one attached hydrogen (secondary N) is 2. The van der Waals surface area contributed by atoms with Gasteiger partial charge in [-0.25, -0.2) is 0 Å². The molecule has 3 rings (SSSR count). The molecule has 154 valence electrons. The minimum Gasteiger partial charge on any atom is -0.459 e. The maximum absolute atomic E-state index is 12.8. The molecule has 0 aliphatic carbocycles. The van der Waals surface area contributed by atoms with Crippen LogP contribution in [0.4, 0.5) is 5.69 Å². The molecule has 0 fully saturated rings. The first-order chi connectivity index (χ1) is 14.1. The Bertz CT molecular complexity index is 896. The van der Waals surface area contributed by atoms with Gasteiger partial charge in [0.15, 0.2) is 18.8 Å². The third kappa shape index (κ3) is 5.32. The van der Waals surface area contributed by atoms with Crippen molar-refractivity contribution in [2.24, 2.45) is 0 Å². The fraction of sp³-hybridized carbons (Fsp3) is 0.409. The summed E-state index contributed by atoms with van der Waals surface area (Å²) in [6, 6.07) is 9.74. The van der Waals surface area contributed by atoms with E-state index < -0.39 is 0 Å². The van der Waals surface area contributed by atoms with Crippen LogP contribution >= 0.6 is 0 Å². The van der Waals surface area contributed by atoms with Crippen LogP contribution in [0.15, 0.2) is 45.4 Å².